The van der Waals surface area contributed by atoms with Crippen molar-refractivity contribution in [3.05, 3.63) is 45.4 Å². The van der Waals surface area contributed by atoms with Gasteiger partial charge in [0.05, 0.1) is 5.69 Å². The van der Waals surface area contributed by atoms with Crippen molar-refractivity contribution in [2.45, 2.75) is 26.1 Å². The van der Waals surface area contributed by atoms with Gasteiger partial charge in [0.2, 0.25) is 0 Å². The van der Waals surface area contributed by atoms with Crippen LogP contribution in [0, 0.1) is 0 Å². The van der Waals surface area contributed by atoms with Crippen molar-refractivity contribution in [2.75, 3.05) is 19.6 Å². The first-order chi connectivity index (χ1) is 10.7. The predicted octanol–water partition coefficient (Wildman–Crippen LogP) is 3.17. The summed E-state index contributed by atoms with van der Waals surface area (Å²) in [5.41, 5.74) is 1.13. The lowest BCUT2D eigenvalue weighted by Gasteiger charge is -2.33. The number of aromatic nitrogens is 1. The monoisotopic (exact) mass is 337 g/mol. The Balaban J connectivity index is 1.53. The van der Waals surface area contributed by atoms with Gasteiger partial charge in [0, 0.05) is 42.6 Å². The van der Waals surface area contributed by atoms with E-state index in [4.69, 9.17) is 16.3 Å². The SMILES string of the molecule is C[C@@H]1CNCCN1Cc1csc(COc2ccc(Cl)cc2)n1. The third-order valence-electron chi connectivity index (χ3n) is 3.78. The second kappa shape index (κ2) is 7.42. The maximum atomic E-state index is 5.86. The molecule has 2 aromatic rings. The maximum absolute atomic E-state index is 5.86. The van der Waals surface area contributed by atoms with Crippen LogP contribution in [-0.2, 0) is 13.2 Å². The number of hydrogen-bond donors (Lipinski definition) is 1. The molecule has 0 saturated carbocycles. The first-order valence-corrected chi connectivity index (χ1v) is 8.73. The summed E-state index contributed by atoms with van der Waals surface area (Å²) >= 11 is 7.52. The van der Waals surface area contributed by atoms with E-state index in [1.165, 1.54) is 0 Å². The molecule has 0 bridgehead atoms. The molecule has 4 nitrogen and oxygen atoms in total. The molecule has 1 aliphatic heterocycles. The van der Waals surface area contributed by atoms with Crippen LogP contribution in [0.4, 0.5) is 0 Å². The van der Waals surface area contributed by atoms with E-state index in [2.05, 4.69) is 27.5 Å². The zero-order chi connectivity index (χ0) is 15.4. The molecule has 0 aliphatic carbocycles. The van der Waals surface area contributed by atoms with E-state index in [0.29, 0.717) is 17.7 Å². The zero-order valence-electron chi connectivity index (χ0n) is 12.6. The Hall–Kier alpha value is -1.14. The summed E-state index contributed by atoms with van der Waals surface area (Å²) in [4.78, 5) is 7.14. The Morgan fingerprint density at radius 2 is 2.23 bits per heavy atom. The highest BCUT2D eigenvalue weighted by molar-refractivity contribution is 7.09. The lowest BCUT2D eigenvalue weighted by Crippen LogP contribution is -2.49. The van der Waals surface area contributed by atoms with Crippen molar-refractivity contribution in [3.63, 3.8) is 0 Å². The molecule has 1 saturated heterocycles. The molecule has 1 fully saturated rings. The fourth-order valence-electron chi connectivity index (χ4n) is 2.49. The number of nitrogens with zero attached hydrogens (tertiary/aromatic N) is 2. The second-order valence-electron chi connectivity index (χ2n) is 5.50. The Bertz CT molecular complexity index is 602. The summed E-state index contributed by atoms with van der Waals surface area (Å²) < 4.78 is 5.74. The highest BCUT2D eigenvalue weighted by Gasteiger charge is 2.18. The lowest BCUT2D eigenvalue weighted by molar-refractivity contribution is 0.164. The van der Waals surface area contributed by atoms with Crippen LogP contribution >= 0.6 is 22.9 Å². The van der Waals surface area contributed by atoms with Crippen molar-refractivity contribution in [2.24, 2.45) is 0 Å². The number of hydrogen-bond acceptors (Lipinski definition) is 5. The van der Waals surface area contributed by atoms with Gasteiger partial charge in [-0.05, 0) is 31.2 Å². The van der Waals surface area contributed by atoms with Gasteiger partial charge in [0.25, 0.3) is 0 Å². The molecule has 0 unspecified atom stereocenters. The molecule has 1 N–H and O–H groups in total. The fraction of sp³-hybridized carbons (Fsp3) is 0.438. The van der Waals surface area contributed by atoms with Gasteiger partial charge in [-0.3, -0.25) is 4.90 Å². The van der Waals surface area contributed by atoms with Gasteiger partial charge >= 0.3 is 0 Å². The summed E-state index contributed by atoms with van der Waals surface area (Å²) in [6.07, 6.45) is 0. The third kappa shape index (κ3) is 4.20. The van der Waals surface area contributed by atoms with Gasteiger partial charge in [0.1, 0.15) is 17.4 Å². The molecule has 22 heavy (non-hydrogen) atoms. The van der Waals surface area contributed by atoms with E-state index < -0.39 is 0 Å². The number of nitrogens with one attached hydrogen (secondary N) is 1. The number of rotatable bonds is 5. The number of halogens is 1. The summed E-state index contributed by atoms with van der Waals surface area (Å²) in [5, 5.41) is 7.27. The lowest BCUT2D eigenvalue weighted by atomic mass is 10.2. The van der Waals surface area contributed by atoms with Crippen LogP contribution in [0.2, 0.25) is 5.02 Å². The molecule has 0 spiro atoms. The van der Waals surface area contributed by atoms with Crippen LogP contribution in [0.3, 0.4) is 0 Å². The van der Waals surface area contributed by atoms with Gasteiger partial charge in [-0.25, -0.2) is 4.98 Å². The standard InChI is InChI=1S/C16H20ClN3OS/c1-12-8-18-6-7-20(12)9-14-11-22-16(19-14)10-21-15-4-2-13(17)3-5-15/h2-5,11-12,18H,6-10H2,1H3/t12-/m1/s1. The molecular weight excluding hydrogens is 318 g/mol. The van der Waals surface area contributed by atoms with E-state index >= 15 is 0 Å². The Morgan fingerprint density at radius 3 is 3.00 bits per heavy atom. The molecule has 3 rings (SSSR count). The summed E-state index contributed by atoms with van der Waals surface area (Å²) in [5.74, 6) is 0.817. The minimum atomic E-state index is 0.503. The topological polar surface area (TPSA) is 37.4 Å². The molecular formula is C16H20ClN3OS. The molecule has 1 atom stereocenters. The van der Waals surface area contributed by atoms with Crippen LogP contribution < -0.4 is 10.1 Å². The average molecular weight is 338 g/mol. The smallest absolute Gasteiger partial charge is 0.140 e. The van der Waals surface area contributed by atoms with Gasteiger partial charge < -0.3 is 10.1 Å². The van der Waals surface area contributed by atoms with Crippen molar-refractivity contribution >= 4 is 22.9 Å². The normalized spacial score (nSPS) is 19.3. The minimum Gasteiger partial charge on any atom is -0.486 e. The van der Waals surface area contributed by atoms with Gasteiger partial charge in [-0.15, -0.1) is 11.3 Å². The molecule has 118 valence electrons. The van der Waals surface area contributed by atoms with Gasteiger partial charge in [-0.2, -0.15) is 0 Å². The first kappa shape index (κ1) is 15.7. The van der Waals surface area contributed by atoms with Crippen LogP contribution in [0.5, 0.6) is 5.75 Å². The molecule has 1 aromatic heterocycles. The molecule has 6 heteroatoms. The maximum Gasteiger partial charge on any atom is 0.140 e. The molecule has 0 amide bonds. The van der Waals surface area contributed by atoms with Crippen molar-refractivity contribution in [1.82, 2.24) is 15.2 Å². The second-order valence-corrected chi connectivity index (χ2v) is 6.88. The molecule has 0 radical (unpaired) electrons. The van der Waals surface area contributed by atoms with E-state index in [1.807, 2.05) is 24.3 Å². The van der Waals surface area contributed by atoms with Gasteiger partial charge in [0.15, 0.2) is 0 Å². The average Bonchev–Trinajstić information content (AvgIpc) is 2.97. The largest absolute Gasteiger partial charge is 0.486 e. The van der Waals surface area contributed by atoms with Crippen LogP contribution in [0.1, 0.15) is 17.6 Å². The number of ether oxygens (including phenoxy) is 1. The summed E-state index contributed by atoms with van der Waals surface area (Å²) in [7, 11) is 0. The summed E-state index contributed by atoms with van der Waals surface area (Å²) in [6.45, 7) is 6.86. The van der Waals surface area contributed by atoms with E-state index in [-0.39, 0.29) is 0 Å². The quantitative estimate of drug-likeness (QED) is 0.909. The fourth-order valence-corrected chi connectivity index (χ4v) is 3.31. The minimum absolute atomic E-state index is 0.503. The van der Waals surface area contributed by atoms with E-state index in [9.17, 15) is 0 Å². The van der Waals surface area contributed by atoms with Crippen LogP contribution in [-0.4, -0.2) is 35.6 Å². The van der Waals surface area contributed by atoms with Crippen molar-refractivity contribution in [3.8, 4) is 5.75 Å². The van der Waals surface area contributed by atoms with Gasteiger partial charge in [-0.1, -0.05) is 11.6 Å². The zero-order valence-corrected chi connectivity index (χ0v) is 14.2. The number of piperazine rings is 1. The predicted molar refractivity (Wildman–Crippen MR) is 90.6 cm³/mol. The Labute approximate surface area is 140 Å². The molecule has 1 aliphatic rings. The van der Waals surface area contributed by atoms with Crippen LogP contribution in [0.25, 0.3) is 0 Å². The van der Waals surface area contributed by atoms with Crippen molar-refractivity contribution < 1.29 is 4.74 Å². The Morgan fingerprint density at radius 1 is 1.41 bits per heavy atom. The third-order valence-corrected chi connectivity index (χ3v) is 4.90. The number of benzene rings is 1. The Kier molecular flexibility index (Phi) is 5.31. The molecule has 2 heterocycles. The van der Waals surface area contributed by atoms with E-state index in [1.54, 1.807) is 11.3 Å². The molecule has 1 aromatic carbocycles. The van der Waals surface area contributed by atoms with Crippen molar-refractivity contribution in [1.29, 1.82) is 0 Å². The van der Waals surface area contributed by atoms with E-state index in [0.717, 1.165) is 42.6 Å². The highest BCUT2D eigenvalue weighted by Crippen LogP contribution is 2.19. The number of thiazole rings is 1. The highest BCUT2D eigenvalue weighted by atomic mass is 35.5. The summed E-state index contributed by atoms with van der Waals surface area (Å²) in [6, 6.07) is 7.97. The first-order valence-electron chi connectivity index (χ1n) is 7.47. The van der Waals surface area contributed by atoms with Crippen LogP contribution in [0.15, 0.2) is 29.6 Å².